The Kier molecular flexibility index (Phi) is 3.16. The molecule has 0 aliphatic rings. The predicted octanol–water partition coefficient (Wildman–Crippen LogP) is 2.95. The molecule has 1 atom stereocenters. The standard InChI is InChI=1S/C15H16O2/c1-15(16,12-7-4-3-5-8-12)13-9-6-10-14(11-13)17-2/h3-11,16H,1-2H3. The molecule has 0 amide bonds. The number of aliphatic hydroxyl groups is 1. The molecule has 0 saturated carbocycles. The van der Waals surface area contributed by atoms with Crippen molar-refractivity contribution in [1.29, 1.82) is 0 Å². The van der Waals surface area contributed by atoms with E-state index in [1.165, 1.54) is 0 Å². The van der Waals surface area contributed by atoms with Gasteiger partial charge in [-0.2, -0.15) is 0 Å². The molecule has 17 heavy (non-hydrogen) atoms. The lowest BCUT2D eigenvalue weighted by Gasteiger charge is -2.24. The molecule has 0 aliphatic heterocycles. The predicted molar refractivity (Wildman–Crippen MR) is 68.1 cm³/mol. The van der Waals surface area contributed by atoms with E-state index in [1.54, 1.807) is 14.0 Å². The molecule has 2 rings (SSSR count). The first-order valence-electron chi connectivity index (χ1n) is 5.57. The van der Waals surface area contributed by atoms with Gasteiger partial charge in [0.1, 0.15) is 11.4 Å². The molecule has 1 unspecified atom stereocenters. The number of methoxy groups -OCH3 is 1. The van der Waals surface area contributed by atoms with Gasteiger partial charge in [-0.25, -0.2) is 0 Å². The van der Waals surface area contributed by atoms with E-state index in [1.807, 2.05) is 54.6 Å². The van der Waals surface area contributed by atoms with Crippen LogP contribution in [-0.4, -0.2) is 12.2 Å². The summed E-state index contributed by atoms with van der Waals surface area (Å²) in [6.45, 7) is 1.79. The van der Waals surface area contributed by atoms with Crippen molar-refractivity contribution in [2.24, 2.45) is 0 Å². The molecule has 2 nitrogen and oxygen atoms in total. The Morgan fingerprint density at radius 2 is 1.59 bits per heavy atom. The van der Waals surface area contributed by atoms with Gasteiger partial charge in [0, 0.05) is 0 Å². The van der Waals surface area contributed by atoms with Crippen LogP contribution in [0.25, 0.3) is 0 Å². The van der Waals surface area contributed by atoms with Crippen LogP contribution in [0.4, 0.5) is 0 Å². The van der Waals surface area contributed by atoms with E-state index >= 15 is 0 Å². The molecule has 2 heteroatoms. The molecule has 0 aromatic heterocycles. The summed E-state index contributed by atoms with van der Waals surface area (Å²) in [5.74, 6) is 0.749. The van der Waals surface area contributed by atoms with Crippen LogP contribution in [0.5, 0.6) is 5.75 Å². The van der Waals surface area contributed by atoms with Gasteiger partial charge in [0.05, 0.1) is 7.11 Å². The van der Waals surface area contributed by atoms with Crippen molar-refractivity contribution < 1.29 is 9.84 Å². The molecular weight excluding hydrogens is 212 g/mol. The molecule has 0 saturated heterocycles. The summed E-state index contributed by atoms with van der Waals surface area (Å²) in [6, 6.07) is 17.1. The molecule has 2 aromatic carbocycles. The van der Waals surface area contributed by atoms with Crippen LogP contribution >= 0.6 is 0 Å². The zero-order valence-corrected chi connectivity index (χ0v) is 10.1. The highest BCUT2D eigenvalue weighted by molar-refractivity contribution is 5.39. The zero-order valence-electron chi connectivity index (χ0n) is 10.1. The fraction of sp³-hybridized carbons (Fsp3) is 0.200. The summed E-state index contributed by atoms with van der Waals surface area (Å²) >= 11 is 0. The van der Waals surface area contributed by atoms with Crippen LogP contribution in [-0.2, 0) is 5.60 Å². The van der Waals surface area contributed by atoms with Gasteiger partial charge in [-0.05, 0) is 30.2 Å². The van der Waals surface area contributed by atoms with E-state index in [0.717, 1.165) is 16.9 Å². The van der Waals surface area contributed by atoms with Gasteiger partial charge in [0.2, 0.25) is 0 Å². The lowest BCUT2D eigenvalue weighted by molar-refractivity contribution is 0.102. The fourth-order valence-corrected chi connectivity index (χ4v) is 1.86. The zero-order chi connectivity index (χ0) is 12.3. The first-order chi connectivity index (χ1) is 8.14. The molecule has 0 fully saturated rings. The third-order valence-corrected chi connectivity index (χ3v) is 2.97. The Balaban J connectivity index is 2.44. The normalized spacial score (nSPS) is 14.1. The lowest BCUT2D eigenvalue weighted by Crippen LogP contribution is -2.22. The van der Waals surface area contributed by atoms with E-state index in [4.69, 9.17) is 4.74 Å². The minimum absolute atomic E-state index is 0.749. The molecule has 1 N–H and O–H groups in total. The van der Waals surface area contributed by atoms with Gasteiger partial charge in [0.15, 0.2) is 0 Å². The van der Waals surface area contributed by atoms with E-state index in [-0.39, 0.29) is 0 Å². The highest BCUT2D eigenvalue weighted by atomic mass is 16.5. The highest BCUT2D eigenvalue weighted by Gasteiger charge is 2.25. The number of benzene rings is 2. The molecule has 0 heterocycles. The van der Waals surface area contributed by atoms with Crippen LogP contribution in [0.2, 0.25) is 0 Å². The van der Waals surface area contributed by atoms with E-state index in [9.17, 15) is 5.11 Å². The Bertz CT molecular complexity index is 489. The summed E-state index contributed by atoms with van der Waals surface area (Å²) in [4.78, 5) is 0. The minimum Gasteiger partial charge on any atom is -0.497 e. The van der Waals surface area contributed by atoms with Crippen molar-refractivity contribution in [3.05, 3.63) is 65.7 Å². The average Bonchev–Trinajstić information content (AvgIpc) is 2.40. The number of hydrogen-bond donors (Lipinski definition) is 1. The first-order valence-corrected chi connectivity index (χ1v) is 5.57. The molecule has 0 spiro atoms. The molecule has 88 valence electrons. The Labute approximate surface area is 101 Å². The van der Waals surface area contributed by atoms with Crippen molar-refractivity contribution in [3.8, 4) is 5.75 Å². The minimum atomic E-state index is -1.00. The Morgan fingerprint density at radius 1 is 0.941 bits per heavy atom. The summed E-state index contributed by atoms with van der Waals surface area (Å²) in [5.41, 5.74) is 0.687. The Morgan fingerprint density at radius 3 is 2.24 bits per heavy atom. The van der Waals surface area contributed by atoms with Crippen LogP contribution in [0.3, 0.4) is 0 Å². The molecular formula is C15H16O2. The van der Waals surface area contributed by atoms with Crippen LogP contribution < -0.4 is 4.74 Å². The lowest BCUT2D eigenvalue weighted by atomic mass is 9.88. The third-order valence-electron chi connectivity index (χ3n) is 2.97. The van der Waals surface area contributed by atoms with Gasteiger partial charge in [-0.3, -0.25) is 0 Å². The summed E-state index contributed by atoms with van der Waals surface area (Å²) in [6.07, 6.45) is 0. The third kappa shape index (κ3) is 2.32. The highest BCUT2D eigenvalue weighted by Crippen LogP contribution is 2.30. The second-order valence-corrected chi connectivity index (χ2v) is 4.17. The second-order valence-electron chi connectivity index (χ2n) is 4.17. The van der Waals surface area contributed by atoms with Gasteiger partial charge in [-0.1, -0.05) is 42.5 Å². The quantitative estimate of drug-likeness (QED) is 0.875. The van der Waals surface area contributed by atoms with E-state index in [0.29, 0.717) is 0 Å². The summed E-state index contributed by atoms with van der Waals surface area (Å²) in [7, 11) is 1.62. The number of hydrogen-bond acceptors (Lipinski definition) is 2. The maximum absolute atomic E-state index is 10.6. The first kappa shape index (κ1) is 11.7. The number of rotatable bonds is 3. The van der Waals surface area contributed by atoms with Crippen molar-refractivity contribution in [2.45, 2.75) is 12.5 Å². The van der Waals surface area contributed by atoms with Crippen molar-refractivity contribution in [1.82, 2.24) is 0 Å². The molecule has 0 aliphatic carbocycles. The van der Waals surface area contributed by atoms with Crippen molar-refractivity contribution >= 4 is 0 Å². The van der Waals surface area contributed by atoms with Gasteiger partial charge in [-0.15, -0.1) is 0 Å². The maximum atomic E-state index is 10.6. The smallest absolute Gasteiger partial charge is 0.119 e. The van der Waals surface area contributed by atoms with Crippen LogP contribution in [0, 0.1) is 0 Å². The van der Waals surface area contributed by atoms with Crippen molar-refractivity contribution in [3.63, 3.8) is 0 Å². The summed E-state index contributed by atoms with van der Waals surface area (Å²) in [5, 5.41) is 10.6. The average molecular weight is 228 g/mol. The molecule has 2 aromatic rings. The molecule has 0 bridgehead atoms. The van der Waals surface area contributed by atoms with E-state index in [2.05, 4.69) is 0 Å². The maximum Gasteiger partial charge on any atom is 0.119 e. The molecule has 0 radical (unpaired) electrons. The number of ether oxygens (including phenoxy) is 1. The van der Waals surface area contributed by atoms with Gasteiger partial charge >= 0.3 is 0 Å². The second kappa shape index (κ2) is 4.60. The van der Waals surface area contributed by atoms with Crippen LogP contribution in [0.15, 0.2) is 54.6 Å². The topological polar surface area (TPSA) is 29.5 Å². The van der Waals surface area contributed by atoms with Crippen molar-refractivity contribution in [2.75, 3.05) is 7.11 Å². The van der Waals surface area contributed by atoms with Gasteiger partial charge < -0.3 is 9.84 Å². The summed E-state index contributed by atoms with van der Waals surface area (Å²) < 4.78 is 5.17. The largest absolute Gasteiger partial charge is 0.497 e. The van der Waals surface area contributed by atoms with E-state index < -0.39 is 5.60 Å². The monoisotopic (exact) mass is 228 g/mol. The fourth-order valence-electron chi connectivity index (χ4n) is 1.86. The van der Waals surface area contributed by atoms with Gasteiger partial charge in [0.25, 0.3) is 0 Å². The van der Waals surface area contributed by atoms with Crippen LogP contribution in [0.1, 0.15) is 18.1 Å². The Hall–Kier alpha value is -1.80. The SMILES string of the molecule is COc1cccc(C(C)(O)c2ccccc2)c1.